The van der Waals surface area contributed by atoms with Crippen molar-refractivity contribution >= 4 is 17.8 Å². The van der Waals surface area contributed by atoms with E-state index in [9.17, 15) is 14.4 Å². The number of esters is 1. The van der Waals surface area contributed by atoms with E-state index in [2.05, 4.69) is 10.6 Å². The molecule has 1 atom stereocenters. The monoisotopic (exact) mass is 272 g/mol. The Labute approximate surface area is 114 Å². The second-order valence-electron chi connectivity index (χ2n) is 4.72. The van der Waals surface area contributed by atoms with Crippen molar-refractivity contribution in [3.05, 3.63) is 0 Å². The molecule has 0 aromatic heterocycles. The van der Waals surface area contributed by atoms with Crippen molar-refractivity contribution in [2.24, 2.45) is 5.92 Å². The van der Waals surface area contributed by atoms with Crippen molar-refractivity contribution in [1.82, 2.24) is 10.6 Å². The van der Waals surface area contributed by atoms with E-state index in [-0.39, 0.29) is 18.4 Å². The summed E-state index contributed by atoms with van der Waals surface area (Å²) in [5.41, 5.74) is 0. The first kappa shape index (κ1) is 17.4. The molecule has 0 bridgehead atoms. The second-order valence-corrected chi connectivity index (χ2v) is 4.72. The zero-order valence-corrected chi connectivity index (χ0v) is 12.1. The van der Waals surface area contributed by atoms with Crippen LogP contribution in [0, 0.1) is 5.92 Å². The lowest BCUT2D eigenvalue weighted by molar-refractivity contribution is -0.149. The summed E-state index contributed by atoms with van der Waals surface area (Å²) in [7, 11) is 0. The van der Waals surface area contributed by atoms with Crippen LogP contribution in [-0.2, 0) is 19.1 Å². The molecular formula is C13H24N2O4. The molecule has 2 amide bonds. The van der Waals surface area contributed by atoms with Crippen LogP contribution in [0.25, 0.3) is 0 Å². The molecular weight excluding hydrogens is 248 g/mol. The van der Waals surface area contributed by atoms with Crippen molar-refractivity contribution in [3.63, 3.8) is 0 Å². The number of unbranched alkanes of at least 4 members (excludes halogenated alkanes) is 1. The maximum absolute atomic E-state index is 11.8. The predicted octanol–water partition coefficient (Wildman–Crippen LogP) is 0.607. The van der Waals surface area contributed by atoms with Gasteiger partial charge in [-0.2, -0.15) is 0 Å². The molecule has 0 aliphatic heterocycles. The Morgan fingerprint density at radius 2 is 1.84 bits per heavy atom. The largest absolute Gasteiger partial charge is 0.464 e. The number of carbonyl (C=O) groups excluding carboxylic acids is 3. The number of ether oxygens (including phenoxy) is 1. The van der Waals surface area contributed by atoms with Gasteiger partial charge in [0.1, 0.15) is 6.04 Å². The van der Waals surface area contributed by atoms with Gasteiger partial charge in [0.2, 0.25) is 11.8 Å². The number of nitrogens with one attached hydrogen (secondary N) is 2. The number of hydrogen-bond acceptors (Lipinski definition) is 4. The van der Waals surface area contributed by atoms with E-state index in [1.165, 1.54) is 6.92 Å². The summed E-state index contributed by atoms with van der Waals surface area (Å²) in [6.07, 6.45) is 1.74. The van der Waals surface area contributed by atoms with Crippen LogP contribution in [0.2, 0.25) is 0 Å². The minimum atomic E-state index is -0.682. The topological polar surface area (TPSA) is 84.5 Å². The lowest BCUT2D eigenvalue weighted by Crippen LogP contribution is -2.48. The zero-order valence-electron chi connectivity index (χ0n) is 12.1. The molecule has 0 radical (unpaired) electrons. The van der Waals surface area contributed by atoms with E-state index >= 15 is 0 Å². The van der Waals surface area contributed by atoms with Gasteiger partial charge in [0.15, 0.2) is 0 Å². The molecule has 0 saturated carbocycles. The van der Waals surface area contributed by atoms with E-state index in [1.807, 2.05) is 20.8 Å². The Hall–Kier alpha value is -1.59. The standard InChI is InChI=1S/C13H24N2O4/c1-5-6-7-19-13(18)12(9(2)3)15-11(17)8-14-10(4)16/h9,12H,5-8H2,1-4H3,(H,14,16)(H,15,17). The molecule has 0 aromatic carbocycles. The third-order valence-electron chi connectivity index (χ3n) is 2.48. The quantitative estimate of drug-likeness (QED) is 0.501. The second kappa shape index (κ2) is 9.35. The summed E-state index contributed by atoms with van der Waals surface area (Å²) in [6.45, 7) is 7.20. The van der Waals surface area contributed by atoms with Gasteiger partial charge in [-0.15, -0.1) is 0 Å². The van der Waals surface area contributed by atoms with Gasteiger partial charge in [-0.05, 0) is 12.3 Å². The highest BCUT2D eigenvalue weighted by Crippen LogP contribution is 2.04. The molecule has 0 aliphatic rings. The van der Waals surface area contributed by atoms with Gasteiger partial charge in [-0.3, -0.25) is 9.59 Å². The summed E-state index contributed by atoms with van der Waals surface area (Å²) >= 11 is 0. The molecule has 2 N–H and O–H groups in total. The number of hydrogen-bond donors (Lipinski definition) is 2. The van der Waals surface area contributed by atoms with Gasteiger partial charge >= 0.3 is 5.97 Å². The Morgan fingerprint density at radius 1 is 1.21 bits per heavy atom. The summed E-state index contributed by atoms with van der Waals surface area (Å²) in [6, 6.07) is -0.682. The molecule has 0 heterocycles. The fourth-order valence-electron chi connectivity index (χ4n) is 1.33. The third-order valence-corrected chi connectivity index (χ3v) is 2.48. The first-order valence-electron chi connectivity index (χ1n) is 6.58. The Morgan fingerprint density at radius 3 is 2.32 bits per heavy atom. The molecule has 6 heteroatoms. The van der Waals surface area contributed by atoms with Crippen molar-refractivity contribution in [3.8, 4) is 0 Å². The van der Waals surface area contributed by atoms with Crippen LogP contribution in [0.5, 0.6) is 0 Å². The Balaban J connectivity index is 4.28. The molecule has 0 fully saturated rings. The summed E-state index contributed by atoms with van der Waals surface area (Å²) < 4.78 is 5.09. The molecule has 1 unspecified atom stereocenters. The summed E-state index contributed by atoms with van der Waals surface area (Å²) in [4.78, 5) is 34.1. The molecule has 0 spiro atoms. The average Bonchev–Trinajstić information content (AvgIpc) is 2.33. The third kappa shape index (κ3) is 8.18. The Kier molecular flexibility index (Phi) is 8.57. The van der Waals surface area contributed by atoms with Gasteiger partial charge in [-0.25, -0.2) is 4.79 Å². The van der Waals surface area contributed by atoms with E-state index < -0.39 is 17.9 Å². The first-order valence-corrected chi connectivity index (χ1v) is 6.58. The summed E-state index contributed by atoms with van der Waals surface area (Å²) in [5, 5.41) is 4.95. The molecule has 0 aromatic rings. The van der Waals surface area contributed by atoms with Crippen LogP contribution in [0.3, 0.4) is 0 Å². The van der Waals surface area contributed by atoms with Crippen LogP contribution in [0.1, 0.15) is 40.5 Å². The number of carbonyl (C=O) groups is 3. The molecule has 0 aliphatic carbocycles. The normalized spacial score (nSPS) is 11.8. The van der Waals surface area contributed by atoms with Gasteiger partial charge in [0, 0.05) is 6.92 Å². The fraction of sp³-hybridized carbons (Fsp3) is 0.769. The van der Waals surface area contributed by atoms with Gasteiger partial charge in [0.25, 0.3) is 0 Å². The SMILES string of the molecule is CCCCOC(=O)C(NC(=O)CNC(C)=O)C(C)C. The molecule has 110 valence electrons. The van der Waals surface area contributed by atoms with Crippen LogP contribution >= 0.6 is 0 Å². The van der Waals surface area contributed by atoms with Crippen LogP contribution in [-0.4, -0.2) is 37.0 Å². The molecule has 0 saturated heterocycles. The van der Waals surface area contributed by atoms with E-state index in [4.69, 9.17) is 4.74 Å². The van der Waals surface area contributed by atoms with Crippen LogP contribution < -0.4 is 10.6 Å². The molecule has 19 heavy (non-hydrogen) atoms. The highest BCUT2D eigenvalue weighted by atomic mass is 16.5. The first-order chi connectivity index (χ1) is 8.88. The number of amides is 2. The van der Waals surface area contributed by atoms with Crippen LogP contribution in [0.4, 0.5) is 0 Å². The van der Waals surface area contributed by atoms with Crippen molar-refractivity contribution in [2.75, 3.05) is 13.2 Å². The Bertz CT molecular complexity index is 316. The zero-order chi connectivity index (χ0) is 14.8. The lowest BCUT2D eigenvalue weighted by atomic mass is 10.0. The maximum Gasteiger partial charge on any atom is 0.328 e. The van der Waals surface area contributed by atoms with E-state index in [0.29, 0.717) is 6.61 Å². The van der Waals surface area contributed by atoms with Gasteiger partial charge in [0.05, 0.1) is 13.2 Å². The van der Waals surface area contributed by atoms with E-state index in [1.54, 1.807) is 0 Å². The average molecular weight is 272 g/mol. The van der Waals surface area contributed by atoms with Gasteiger partial charge < -0.3 is 15.4 Å². The highest BCUT2D eigenvalue weighted by molar-refractivity contribution is 5.87. The minimum absolute atomic E-state index is 0.0737. The van der Waals surface area contributed by atoms with Gasteiger partial charge in [-0.1, -0.05) is 27.2 Å². The van der Waals surface area contributed by atoms with E-state index in [0.717, 1.165) is 12.8 Å². The lowest BCUT2D eigenvalue weighted by Gasteiger charge is -2.20. The van der Waals surface area contributed by atoms with Crippen molar-refractivity contribution in [2.45, 2.75) is 46.6 Å². The fourth-order valence-corrected chi connectivity index (χ4v) is 1.33. The molecule has 6 nitrogen and oxygen atoms in total. The number of rotatable bonds is 8. The highest BCUT2D eigenvalue weighted by Gasteiger charge is 2.25. The van der Waals surface area contributed by atoms with Crippen LogP contribution in [0.15, 0.2) is 0 Å². The van der Waals surface area contributed by atoms with Crippen molar-refractivity contribution < 1.29 is 19.1 Å². The summed E-state index contributed by atoms with van der Waals surface area (Å²) in [5.74, 6) is -1.20. The minimum Gasteiger partial charge on any atom is -0.464 e. The smallest absolute Gasteiger partial charge is 0.328 e. The van der Waals surface area contributed by atoms with Crippen molar-refractivity contribution in [1.29, 1.82) is 0 Å². The predicted molar refractivity (Wildman–Crippen MR) is 71.3 cm³/mol. The molecule has 0 rings (SSSR count). The maximum atomic E-state index is 11.8.